The molecule has 1 N–H and O–H groups in total. The summed E-state index contributed by atoms with van der Waals surface area (Å²) in [5.74, 6) is -1.09. The number of rotatable bonds is 5. The van der Waals surface area contributed by atoms with Crippen molar-refractivity contribution in [3.8, 4) is 16.9 Å². The number of nitrogens with zero attached hydrogens (tertiary/aromatic N) is 2. The van der Waals surface area contributed by atoms with Crippen molar-refractivity contribution in [2.24, 2.45) is 5.92 Å². The zero-order chi connectivity index (χ0) is 22.8. The van der Waals surface area contributed by atoms with Gasteiger partial charge in [0.2, 0.25) is 0 Å². The molecule has 0 spiro atoms. The lowest BCUT2D eigenvalue weighted by atomic mass is 9.97. The second-order valence-corrected chi connectivity index (χ2v) is 8.60. The number of aliphatic carboxylic acids is 1. The lowest BCUT2D eigenvalue weighted by Crippen LogP contribution is -2.47. The highest BCUT2D eigenvalue weighted by Crippen LogP contribution is 2.34. The van der Waals surface area contributed by atoms with Crippen molar-refractivity contribution in [3.05, 3.63) is 59.2 Å². The minimum absolute atomic E-state index is 0.212. The quantitative estimate of drug-likeness (QED) is 0.554. The summed E-state index contributed by atoms with van der Waals surface area (Å²) < 4.78 is 5.92. The van der Waals surface area contributed by atoms with Crippen LogP contribution < -0.4 is 4.74 Å². The minimum atomic E-state index is -0.863. The van der Waals surface area contributed by atoms with E-state index in [2.05, 4.69) is 24.0 Å². The molecule has 4 rings (SSSR count). The lowest BCUT2D eigenvalue weighted by Gasteiger charge is -2.32. The van der Waals surface area contributed by atoms with Crippen LogP contribution in [0, 0.1) is 12.8 Å². The minimum Gasteiger partial charge on any atom is -0.481 e. The fourth-order valence-corrected chi connectivity index (χ4v) is 4.44. The second kappa shape index (κ2) is 9.17. The Kier molecular flexibility index (Phi) is 6.33. The molecule has 2 heterocycles. The monoisotopic (exact) mass is 452 g/mol. The van der Waals surface area contributed by atoms with Crippen LogP contribution >= 0.6 is 11.6 Å². The number of amides is 1. The van der Waals surface area contributed by atoms with Crippen LogP contribution in [-0.4, -0.2) is 46.1 Å². The van der Waals surface area contributed by atoms with E-state index < -0.39 is 18.0 Å². The Morgan fingerprint density at radius 2 is 1.97 bits per heavy atom. The Balaban J connectivity index is 1.57. The van der Waals surface area contributed by atoms with Crippen molar-refractivity contribution in [3.63, 3.8) is 0 Å². The number of carboxylic acids is 1. The highest BCUT2D eigenvalue weighted by Gasteiger charge is 2.31. The van der Waals surface area contributed by atoms with E-state index in [1.54, 1.807) is 17.9 Å². The van der Waals surface area contributed by atoms with Crippen LogP contribution in [0.4, 0.5) is 0 Å². The van der Waals surface area contributed by atoms with Crippen molar-refractivity contribution in [1.82, 2.24) is 9.88 Å². The van der Waals surface area contributed by atoms with Gasteiger partial charge in [-0.05, 0) is 61.6 Å². The van der Waals surface area contributed by atoms with Gasteiger partial charge >= 0.3 is 5.97 Å². The number of piperidine rings is 1. The molecule has 6 nitrogen and oxygen atoms in total. The number of carbonyl (C=O) groups excluding carboxylic acids is 1. The first kappa shape index (κ1) is 22.1. The number of ether oxygens (including phenoxy) is 1. The molecule has 1 aliphatic rings. The molecule has 0 radical (unpaired) electrons. The number of likely N-dealkylation sites (tertiary alicyclic amines) is 1. The topological polar surface area (TPSA) is 79.7 Å². The van der Waals surface area contributed by atoms with Crippen LogP contribution in [0.5, 0.6) is 5.75 Å². The summed E-state index contributed by atoms with van der Waals surface area (Å²) in [5, 5.41) is 10.6. The molecule has 2 aromatic carbocycles. The lowest BCUT2D eigenvalue weighted by molar-refractivity contribution is -0.147. The molecule has 1 aliphatic heterocycles. The van der Waals surface area contributed by atoms with E-state index in [4.69, 9.17) is 16.3 Å². The van der Waals surface area contributed by atoms with Gasteiger partial charge in [-0.3, -0.25) is 9.59 Å². The van der Waals surface area contributed by atoms with Crippen LogP contribution in [0.25, 0.3) is 22.0 Å². The molecule has 1 aromatic heterocycles. The average Bonchev–Trinajstić information content (AvgIpc) is 2.78. The third-order valence-electron chi connectivity index (χ3n) is 5.93. The zero-order valence-electron chi connectivity index (χ0n) is 18.0. The first-order valence-electron chi connectivity index (χ1n) is 10.7. The van der Waals surface area contributed by atoms with Crippen LogP contribution in [-0.2, 0) is 9.59 Å². The Labute approximate surface area is 191 Å². The number of hydrogen-bond acceptors (Lipinski definition) is 4. The third-order valence-corrected chi connectivity index (χ3v) is 6.12. The molecular weight excluding hydrogens is 428 g/mol. The van der Waals surface area contributed by atoms with Crippen LogP contribution in [0.3, 0.4) is 0 Å². The molecular formula is C25H25ClN2O4. The van der Waals surface area contributed by atoms with E-state index >= 15 is 0 Å². The normalized spacial score (nSPS) is 17.2. The van der Waals surface area contributed by atoms with Gasteiger partial charge in [-0.15, -0.1) is 0 Å². The van der Waals surface area contributed by atoms with E-state index in [1.165, 1.54) is 0 Å². The van der Waals surface area contributed by atoms with Gasteiger partial charge in [0.15, 0.2) is 6.10 Å². The van der Waals surface area contributed by atoms with Crippen molar-refractivity contribution in [1.29, 1.82) is 0 Å². The average molecular weight is 453 g/mol. The maximum Gasteiger partial charge on any atom is 0.308 e. The fourth-order valence-electron chi connectivity index (χ4n) is 4.24. The number of halogens is 1. The fraction of sp³-hybridized carbons (Fsp3) is 0.320. The number of carbonyl (C=O) groups is 2. The maximum absolute atomic E-state index is 12.8. The highest BCUT2D eigenvalue weighted by atomic mass is 35.5. The summed E-state index contributed by atoms with van der Waals surface area (Å²) in [6, 6.07) is 15.5. The number of carboxylic acid groups (broad SMARTS) is 1. The van der Waals surface area contributed by atoms with Crippen LogP contribution in [0.15, 0.2) is 48.5 Å². The Hall–Kier alpha value is -3.12. The number of aryl methyl sites for hydroxylation is 1. The number of hydrogen-bond donors (Lipinski definition) is 1. The molecule has 1 saturated heterocycles. The Morgan fingerprint density at radius 1 is 1.19 bits per heavy atom. The van der Waals surface area contributed by atoms with Gasteiger partial charge in [0.05, 0.1) is 11.4 Å². The summed E-state index contributed by atoms with van der Waals surface area (Å²) in [5.41, 5.74) is 3.88. The van der Waals surface area contributed by atoms with Crippen LogP contribution in [0.2, 0.25) is 5.15 Å². The SMILES string of the molecule is Cc1ccccc1-c1cc(Cl)nc2cc(O[C@H](C)C(=O)N3CCC[C@H](C(=O)O)C3)ccc12. The van der Waals surface area contributed by atoms with E-state index in [1.807, 2.05) is 30.3 Å². The Bertz CT molecular complexity index is 1180. The van der Waals surface area contributed by atoms with Gasteiger partial charge in [0, 0.05) is 24.5 Å². The van der Waals surface area contributed by atoms with Gasteiger partial charge in [0.1, 0.15) is 10.9 Å². The largest absolute Gasteiger partial charge is 0.481 e. The summed E-state index contributed by atoms with van der Waals surface area (Å²) in [6.45, 7) is 4.50. The second-order valence-electron chi connectivity index (χ2n) is 8.21. The number of fused-ring (bicyclic) bond motifs is 1. The number of pyridine rings is 1. The first-order valence-corrected chi connectivity index (χ1v) is 11.1. The third kappa shape index (κ3) is 4.55. The molecule has 1 fully saturated rings. The predicted octanol–water partition coefficient (Wildman–Crippen LogP) is 4.95. The standard InChI is InChI=1S/C25H25ClN2O4/c1-15-6-3-4-8-19(15)21-13-23(26)27-22-12-18(9-10-20(21)22)32-16(2)24(29)28-11-5-7-17(14-28)25(30)31/h3-4,6,8-10,12-13,16-17H,5,7,11,14H2,1-2H3,(H,30,31)/t16-,17+/m1/s1. The van der Waals surface area contributed by atoms with Gasteiger partial charge in [-0.1, -0.05) is 35.9 Å². The smallest absolute Gasteiger partial charge is 0.308 e. The van der Waals surface area contributed by atoms with Crippen molar-refractivity contribution < 1.29 is 19.4 Å². The molecule has 166 valence electrons. The molecule has 3 aromatic rings. The summed E-state index contributed by atoms with van der Waals surface area (Å²) in [7, 11) is 0. The molecule has 0 aliphatic carbocycles. The number of benzene rings is 2. The van der Waals surface area contributed by atoms with Crippen LogP contribution in [0.1, 0.15) is 25.3 Å². The van der Waals surface area contributed by atoms with Crippen molar-refractivity contribution >= 4 is 34.4 Å². The molecule has 2 atom stereocenters. The first-order chi connectivity index (χ1) is 15.3. The van der Waals surface area contributed by atoms with Gasteiger partial charge in [-0.25, -0.2) is 4.98 Å². The summed E-state index contributed by atoms with van der Waals surface area (Å²) in [4.78, 5) is 30.2. The summed E-state index contributed by atoms with van der Waals surface area (Å²) >= 11 is 6.31. The highest BCUT2D eigenvalue weighted by molar-refractivity contribution is 6.30. The molecule has 32 heavy (non-hydrogen) atoms. The van der Waals surface area contributed by atoms with Gasteiger partial charge < -0.3 is 14.7 Å². The van der Waals surface area contributed by atoms with E-state index in [-0.39, 0.29) is 12.5 Å². The Morgan fingerprint density at radius 3 is 2.72 bits per heavy atom. The van der Waals surface area contributed by atoms with E-state index in [0.29, 0.717) is 35.8 Å². The maximum atomic E-state index is 12.8. The molecule has 0 saturated carbocycles. The van der Waals surface area contributed by atoms with Gasteiger partial charge in [0.25, 0.3) is 5.91 Å². The van der Waals surface area contributed by atoms with Crippen molar-refractivity contribution in [2.45, 2.75) is 32.8 Å². The summed E-state index contributed by atoms with van der Waals surface area (Å²) in [6.07, 6.45) is 0.527. The number of aromatic nitrogens is 1. The van der Waals surface area contributed by atoms with E-state index in [0.717, 1.165) is 22.1 Å². The predicted molar refractivity (Wildman–Crippen MR) is 124 cm³/mol. The molecule has 7 heteroatoms. The molecule has 0 bridgehead atoms. The molecule has 1 amide bonds. The van der Waals surface area contributed by atoms with E-state index in [9.17, 15) is 14.7 Å². The van der Waals surface area contributed by atoms with Crippen molar-refractivity contribution in [2.75, 3.05) is 13.1 Å². The zero-order valence-corrected chi connectivity index (χ0v) is 18.8. The van der Waals surface area contributed by atoms with Gasteiger partial charge in [-0.2, -0.15) is 0 Å². The molecule has 0 unspecified atom stereocenters.